The van der Waals surface area contributed by atoms with Crippen molar-refractivity contribution in [2.75, 3.05) is 6.54 Å². The molecule has 0 aromatic rings. The van der Waals surface area contributed by atoms with Crippen LogP contribution in [0.25, 0.3) is 0 Å². The first-order chi connectivity index (χ1) is 7.45. The molecular formula is C13H27NO2. The lowest BCUT2D eigenvalue weighted by Crippen LogP contribution is -2.46. The maximum absolute atomic E-state index is 11.6. The zero-order valence-electron chi connectivity index (χ0n) is 11.8. The van der Waals surface area contributed by atoms with Crippen molar-refractivity contribution in [3.05, 3.63) is 0 Å². The molecule has 0 aromatic carbocycles. The van der Waals surface area contributed by atoms with Gasteiger partial charge in [-0.05, 0) is 19.8 Å². The van der Waals surface area contributed by atoms with Gasteiger partial charge in [0, 0.05) is 13.0 Å². The van der Waals surface area contributed by atoms with Crippen molar-refractivity contribution >= 4 is 11.7 Å². The molecule has 0 fully saturated rings. The summed E-state index contributed by atoms with van der Waals surface area (Å²) in [5, 5.41) is 0. The molecule has 3 heteroatoms. The molecule has 1 unspecified atom stereocenters. The van der Waals surface area contributed by atoms with Gasteiger partial charge in [0.15, 0.2) is 5.78 Å². The maximum Gasteiger partial charge on any atom is 0.222 e. The molecule has 3 nitrogen and oxygen atoms in total. The Hall–Kier alpha value is -0.860. The minimum atomic E-state index is -0.257. The summed E-state index contributed by atoms with van der Waals surface area (Å²) in [6.07, 6.45) is 0.463. The largest absolute Gasteiger partial charge is 0.333 e. The molecule has 0 aliphatic heterocycles. The molecule has 0 radical (unpaired) electrons. The number of carbonyl (C=O) groups is 2. The average molecular weight is 229 g/mol. The van der Waals surface area contributed by atoms with Crippen molar-refractivity contribution in [3.63, 3.8) is 0 Å². The molecule has 0 aliphatic carbocycles. The standard InChI is InChI=1S/C11H21NO2.C2H6/c1-6-10(14)12(7-2)11(8(3)4)9(5)13;1-2/h8,11H,6-7H2,1-5H3;1-2H3. The Bertz CT molecular complexity index is 212. The number of hydrogen-bond donors (Lipinski definition) is 0. The third kappa shape index (κ3) is 5.29. The van der Waals surface area contributed by atoms with E-state index in [1.54, 1.807) is 11.8 Å². The normalized spacial score (nSPS) is 11.5. The molecule has 96 valence electrons. The summed E-state index contributed by atoms with van der Waals surface area (Å²) in [6, 6.07) is -0.257. The van der Waals surface area contributed by atoms with Gasteiger partial charge < -0.3 is 4.90 Å². The van der Waals surface area contributed by atoms with E-state index in [0.29, 0.717) is 13.0 Å². The van der Waals surface area contributed by atoms with Crippen LogP contribution in [0, 0.1) is 5.92 Å². The smallest absolute Gasteiger partial charge is 0.222 e. The molecular weight excluding hydrogens is 202 g/mol. The Morgan fingerprint density at radius 2 is 1.56 bits per heavy atom. The predicted octanol–water partition coefficient (Wildman–Crippen LogP) is 2.88. The van der Waals surface area contributed by atoms with Gasteiger partial charge in [-0.25, -0.2) is 0 Å². The van der Waals surface area contributed by atoms with Gasteiger partial charge in [-0.3, -0.25) is 9.59 Å². The third-order valence-electron chi connectivity index (χ3n) is 2.35. The first-order valence-corrected chi connectivity index (χ1v) is 6.25. The van der Waals surface area contributed by atoms with Crippen LogP contribution < -0.4 is 0 Å². The third-order valence-corrected chi connectivity index (χ3v) is 2.35. The molecule has 0 bridgehead atoms. The number of ketones is 1. The minimum absolute atomic E-state index is 0.0569. The Balaban J connectivity index is 0. The molecule has 0 rings (SSSR count). The summed E-state index contributed by atoms with van der Waals surface area (Å²) in [5.74, 6) is 0.313. The number of carbonyl (C=O) groups excluding carboxylic acids is 2. The van der Waals surface area contributed by atoms with E-state index < -0.39 is 0 Å². The Kier molecular flexibility index (Phi) is 10.3. The van der Waals surface area contributed by atoms with Crippen LogP contribution in [0.2, 0.25) is 0 Å². The fourth-order valence-corrected chi connectivity index (χ4v) is 1.78. The Morgan fingerprint density at radius 1 is 1.12 bits per heavy atom. The van der Waals surface area contributed by atoms with E-state index >= 15 is 0 Å². The molecule has 1 atom stereocenters. The van der Waals surface area contributed by atoms with E-state index in [1.807, 2.05) is 41.5 Å². The summed E-state index contributed by atoms with van der Waals surface area (Å²) < 4.78 is 0. The van der Waals surface area contributed by atoms with Crippen LogP contribution in [0.1, 0.15) is 54.9 Å². The fourth-order valence-electron chi connectivity index (χ4n) is 1.78. The Morgan fingerprint density at radius 3 is 1.75 bits per heavy atom. The topological polar surface area (TPSA) is 37.4 Å². The quantitative estimate of drug-likeness (QED) is 0.727. The van der Waals surface area contributed by atoms with Gasteiger partial charge in [-0.1, -0.05) is 34.6 Å². The van der Waals surface area contributed by atoms with E-state index in [-0.39, 0.29) is 23.7 Å². The van der Waals surface area contributed by atoms with Gasteiger partial charge >= 0.3 is 0 Å². The van der Waals surface area contributed by atoms with Gasteiger partial charge in [-0.2, -0.15) is 0 Å². The van der Waals surface area contributed by atoms with Crippen LogP contribution in [0.5, 0.6) is 0 Å². The highest BCUT2D eigenvalue weighted by Gasteiger charge is 2.27. The number of rotatable bonds is 5. The lowest BCUT2D eigenvalue weighted by molar-refractivity contribution is -0.140. The second-order valence-electron chi connectivity index (χ2n) is 3.83. The van der Waals surface area contributed by atoms with Crippen LogP contribution in [-0.4, -0.2) is 29.2 Å². The number of likely N-dealkylation sites (N-methyl/N-ethyl adjacent to an activating group) is 1. The second-order valence-corrected chi connectivity index (χ2v) is 3.83. The fraction of sp³-hybridized carbons (Fsp3) is 0.846. The van der Waals surface area contributed by atoms with E-state index in [2.05, 4.69) is 0 Å². The molecule has 0 aromatic heterocycles. The molecule has 1 amide bonds. The molecule has 16 heavy (non-hydrogen) atoms. The summed E-state index contributed by atoms with van der Waals surface area (Å²) in [6.45, 7) is 13.8. The van der Waals surface area contributed by atoms with Crippen LogP contribution >= 0.6 is 0 Å². The number of hydrogen-bond acceptors (Lipinski definition) is 2. The van der Waals surface area contributed by atoms with Gasteiger partial charge in [-0.15, -0.1) is 0 Å². The lowest BCUT2D eigenvalue weighted by Gasteiger charge is -2.31. The summed E-state index contributed by atoms with van der Waals surface area (Å²) in [5.41, 5.74) is 0. The molecule has 0 spiro atoms. The van der Waals surface area contributed by atoms with E-state index in [1.165, 1.54) is 0 Å². The molecule has 0 aliphatic rings. The van der Waals surface area contributed by atoms with Crippen molar-refractivity contribution in [1.82, 2.24) is 4.90 Å². The monoisotopic (exact) mass is 229 g/mol. The van der Waals surface area contributed by atoms with Crippen molar-refractivity contribution in [2.45, 2.75) is 60.9 Å². The van der Waals surface area contributed by atoms with Crippen molar-refractivity contribution in [1.29, 1.82) is 0 Å². The first kappa shape index (κ1) is 17.5. The van der Waals surface area contributed by atoms with Crippen molar-refractivity contribution in [3.8, 4) is 0 Å². The van der Waals surface area contributed by atoms with Gasteiger partial charge in [0.05, 0.1) is 6.04 Å². The highest BCUT2D eigenvalue weighted by atomic mass is 16.2. The highest BCUT2D eigenvalue weighted by Crippen LogP contribution is 2.13. The minimum Gasteiger partial charge on any atom is -0.333 e. The van der Waals surface area contributed by atoms with Crippen LogP contribution in [0.3, 0.4) is 0 Å². The second kappa shape index (κ2) is 9.37. The van der Waals surface area contributed by atoms with Gasteiger partial charge in [0.25, 0.3) is 0 Å². The van der Waals surface area contributed by atoms with E-state index in [4.69, 9.17) is 0 Å². The van der Waals surface area contributed by atoms with Gasteiger partial charge in [0.2, 0.25) is 5.91 Å². The number of amides is 1. The first-order valence-electron chi connectivity index (χ1n) is 6.25. The van der Waals surface area contributed by atoms with Crippen LogP contribution in [0.4, 0.5) is 0 Å². The predicted molar refractivity (Wildman–Crippen MR) is 68.3 cm³/mol. The SMILES string of the molecule is CC.CCC(=O)N(CC)C(C(C)=O)C(C)C. The van der Waals surface area contributed by atoms with Crippen LogP contribution in [-0.2, 0) is 9.59 Å². The number of nitrogens with zero attached hydrogens (tertiary/aromatic N) is 1. The number of Topliss-reactive ketones (excluding diaryl/α,β-unsaturated/α-hetero) is 1. The van der Waals surface area contributed by atoms with Crippen molar-refractivity contribution < 1.29 is 9.59 Å². The zero-order chi connectivity index (χ0) is 13.3. The van der Waals surface area contributed by atoms with E-state index in [0.717, 1.165) is 0 Å². The Labute approximate surface area is 100 Å². The van der Waals surface area contributed by atoms with Crippen LogP contribution in [0.15, 0.2) is 0 Å². The summed E-state index contributed by atoms with van der Waals surface area (Å²) >= 11 is 0. The molecule has 0 N–H and O–H groups in total. The lowest BCUT2D eigenvalue weighted by atomic mass is 9.98. The highest BCUT2D eigenvalue weighted by molar-refractivity contribution is 5.87. The average Bonchev–Trinajstić information content (AvgIpc) is 2.26. The molecule has 0 saturated carbocycles. The van der Waals surface area contributed by atoms with Gasteiger partial charge in [0.1, 0.15) is 0 Å². The summed E-state index contributed by atoms with van der Waals surface area (Å²) in [7, 11) is 0. The summed E-state index contributed by atoms with van der Waals surface area (Å²) in [4.78, 5) is 24.7. The maximum atomic E-state index is 11.6. The molecule has 0 heterocycles. The van der Waals surface area contributed by atoms with Crippen molar-refractivity contribution in [2.24, 2.45) is 5.92 Å². The molecule has 0 saturated heterocycles. The zero-order valence-corrected chi connectivity index (χ0v) is 11.8. The van der Waals surface area contributed by atoms with E-state index in [9.17, 15) is 9.59 Å².